The number of fused-ring (bicyclic) bond motifs is 1. The number of aromatic nitrogens is 2. The number of hydrogen-bond donors (Lipinski definition) is 1. The van der Waals surface area contributed by atoms with E-state index in [0.717, 1.165) is 0 Å². The molecule has 0 bridgehead atoms. The predicted molar refractivity (Wildman–Crippen MR) is 112 cm³/mol. The van der Waals surface area contributed by atoms with Crippen LogP contribution < -0.4 is 15.6 Å². The lowest BCUT2D eigenvalue weighted by Crippen LogP contribution is -2.17. The number of ether oxygens (including phenoxy) is 1. The molecule has 150 valence electrons. The Morgan fingerprint density at radius 2 is 1.93 bits per heavy atom. The summed E-state index contributed by atoms with van der Waals surface area (Å²) in [7, 11) is 1.67. The molecule has 0 spiro atoms. The van der Waals surface area contributed by atoms with Crippen LogP contribution >= 0.6 is 0 Å². The molecule has 30 heavy (non-hydrogen) atoms. The lowest BCUT2D eigenvalue weighted by molar-refractivity contribution is -0.115. The molecular weight excluding hydrogens is 385 g/mol. The molecular formula is C23H18FN3O3. The summed E-state index contributed by atoms with van der Waals surface area (Å²) in [5.74, 6) is 0.287. The molecule has 0 aliphatic heterocycles. The van der Waals surface area contributed by atoms with Crippen molar-refractivity contribution in [3.8, 4) is 11.5 Å². The van der Waals surface area contributed by atoms with Crippen LogP contribution in [0.2, 0.25) is 0 Å². The van der Waals surface area contributed by atoms with Gasteiger partial charge in [0.15, 0.2) is 0 Å². The maximum Gasteiger partial charge on any atom is 0.254 e. The molecule has 2 aromatic carbocycles. The topological polar surface area (TPSA) is 73.2 Å². The first kappa shape index (κ1) is 19.3. The van der Waals surface area contributed by atoms with Crippen LogP contribution in [-0.2, 0) is 18.3 Å². The number of pyridine rings is 2. The van der Waals surface area contributed by atoms with Gasteiger partial charge in [-0.3, -0.25) is 14.6 Å². The third-order valence-electron chi connectivity index (χ3n) is 4.63. The van der Waals surface area contributed by atoms with Crippen LogP contribution in [0.1, 0.15) is 5.56 Å². The molecule has 0 saturated heterocycles. The molecule has 0 aliphatic carbocycles. The molecule has 1 N–H and O–H groups in total. The number of nitrogens with zero attached hydrogens (tertiary/aromatic N) is 2. The van der Waals surface area contributed by atoms with Gasteiger partial charge in [0.25, 0.3) is 5.56 Å². The van der Waals surface area contributed by atoms with Gasteiger partial charge in [0.2, 0.25) is 5.91 Å². The first-order valence-electron chi connectivity index (χ1n) is 9.25. The third kappa shape index (κ3) is 4.20. The van der Waals surface area contributed by atoms with Crippen molar-refractivity contribution in [2.45, 2.75) is 6.42 Å². The van der Waals surface area contributed by atoms with Gasteiger partial charge >= 0.3 is 0 Å². The number of nitrogens with one attached hydrogen (secondary N) is 1. The van der Waals surface area contributed by atoms with E-state index in [-0.39, 0.29) is 23.7 Å². The highest BCUT2D eigenvalue weighted by Gasteiger charge is 2.12. The van der Waals surface area contributed by atoms with Crippen LogP contribution in [0.3, 0.4) is 0 Å². The summed E-state index contributed by atoms with van der Waals surface area (Å²) in [6.45, 7) is 0. The average molecular weight is 403 g/mol. The minimum atomic E-state index is -0.347. The summed E-state index contributed by atoms with van der Waals surface area (Å²) in [6.07, 6.45) is 3.30. The monoisotopic (exact) mass is 403 g/mol. The Kier molecular flexibility index (Phi) is 5.26. The van der Waals surface area contributed by atoms with E-state index < -0.39 is 0 Å². The largest absolute Gasteiger partial charge is 0.455 e. The van der Waals surface area contributed by atoms with Crippen molar-refractivity contribution >= 4 is 22.5 Å². The van der Waals surface area contributed by atoms with Crippen molar-refractivity contribution in [3.63, 3.8) is 0 Å². The fourth-order valence-corrected chi connectivity index (χ4v) is 3.12. The number of rotatable bonds is 5. The van der Waals surface area contributed by atoms with Gasteiger partial charge in [-0.25, -0.2) is 4.39 Å². The number of benzene rings is 2. The van der Waals surface area contributed by atoms with E-state index in [1.54, 1.807) is 61.9 Å². The quantitative estimate of drug-likeness (QED) is 0.546. The van der Waals surface area contributed by atoms with Crippen molar-refractivity contribution in [2.75, 3.05) is 5.32 Å². The minimum Gasteiger partial charge on any atom is -0.455 e. The Morgan fingerprint density at radius 3 is 2.67 bits per heavy atom. The Bertz CT molecular complexity index is 1270. The van der Waals surface area contributed by atoms with E-state index >= 15 is 0 Å². The number of carbonyl (C=O) groups is 1. The summed E-state index contributed by atoms with van der Waals surface area (Å²) >= 11 is 0. The smallest absolute Gasteiger partial charge is 0.254 e. The lowest BCUT2D eigenvalue weighted by atomic mass is 10.1. The number of aryl methyl sites for hydroxylation is 1. The van der Waals surface area contributed by atoms with Crippen molar-refractivity contribution < 1.29 is 13.9 Å². The standard InChI is InChI=1S/C23H18FN3O3/c1-27-20-9-8-17(26-22(28)11-15-4-6-16(24)7-5-15)12-19(20)21(13-23(27)29)30-18-3-2-10-25-14-18/h2-10,12-14H,11H2,1H3,(H,26,28). The highest BCUT2D eigenvalue weighted by molar-refractivity contribution is 5.96. The van der Waals surface area contributed by atoms with Gasteiger partial charge in [-0.15, -0.1) is 0 Å². The SMILES string of the molecule is Cn1c(=O)cc(Oc2cccnc2)c2cc(NC(=O)Cc3ccc(F)cc3)ccc21. The number of carbonyl (C=O) groups excluding carboxylic acids is 1. The van der Waals surface area contributed by atoms with Crippen molar-refractivity contribution in [1.82, 2.24) is 9.55 Å². The number of hydrogen-bond acceptors (Lipinski definition) is 4. The molecule has 2 heterocycles. The zero-order chi connectivity index (χ0) is 21.1. The summed E-state index contributed by atoms with van der Waals surface area (Å²) in [4.78, 5) is 28.7. The zero-order valence-electron chi connectivity index (χ0n) is 16.1. The van der Waals surface area contributed by atoms with Gasteiger partial charge in [0.1, 0.15) is 17.3 Å². The summed E-state index contributed by atoms with van der Waals surface area (Å²) in [6, 6.07) is 15.9. The van der Waals surface area contributed by atoms with Crippen LogP contribution in [0.5, 0.6) is 11.5 Å². The van der Waals surface area contributed by atoms with Gasteiger partial charge in [-0.1, -0.05) is 12.1 Å². The molecule has 0 unspecified atom stereocenters. The Morgan fingerprint density at radius 1 is 1.13 bits per heavy atom. The second-order valence-electron chi connectivity index (χ2n) is 6.78. The summed E-state index contributed by atoms with van der Waals surface area (Å²) in [5.41, 5.74) is 1.72. The molecule has 0 atom stereocenters. The Balaban J connectivity index is 1.64. The maximum atomic E-state index is 13.0. The second kappa shape index (κ2) is 8.16. The van der Waals surface area contributed by atoms with Gasteiger partial charge in [-0.05, 0) is 48.0 Å². The van der Waals surface area contributed by atoms with Crippen LogP contribution in [0.4, 0.5) is 10.1 Å². The molecule has 0 aliphatic rings. The Labute approximate surface area is 171 Å². The van der Waals surface area contributed by atoms with Gasteiger partial charge in [0.05, 0.1) is 18.1 Å². The first-order valence-corrected chi connectivity index (χ1v) is 9.25. The summed E-state index contributed by atoms with van der Waals surface area (Å²) in [5, 5.41) is 3.50. The molecule has 0 saturated carbocycles. The van der Waals surface area contributed by atoms with Crippen molar-refractivity contribution in [2.24, 2.45) is 7.05 Å². The molecule has 0 radical (unpaired) electrons. The van der Waals surface area contributed by atoms with Gasteiger partial charge < -0.3 is 14.6 Å². The van der Waals surface area contributed by atoms with Crippen LogP contribution in [0.15, 0.2) is 77.9 Å². The van der Waals surface area contributed by atoms with E-state index in [2.05, 4.69) is 10.3 Å². The van der Waals surface area contributed by atoms with Crippen molar-refractivity contribution in [3.05, 3.63) is 94.8 Å². The number of halogens is 1. The summed E-state index contributed by atoms with van der Waals surface area (Å²) < 4.78 is 20.4. The first-order chi connectivity index (χ1) is 14.5. The normalized spacial score (nSPS) is 10.7. The number of anilines is 1. The van der Waals surface area contributed by atoms with Gasteiger partial charge in [0, 0.05) is 30.4 Å². The van der Waals surface area contributed by atoms with E-state index in [1.807, 2.05) is 0 Å². The Hall–Kier alpha value is -4.00. The number of amides is 1. The highest BCUT2D eigenvalue weighted by atomic mass is 19.1. The fraction of sp³-hybridized carbons (Fsp3) is 0.0870. The molecule has 1 amide bonds. The average Bonchev–Trinajstić information content (AvgIpc) is 2.74. The molecule has 2 aromatic heterocycles. The molecule has 7 heteroatoms. The second-order valence-corrected chi connectivity index (χ2v) is 6.78. The molecule has 4 aromatic rings. The van der Waals surface area contributed by atoms with Crippen molar-refractivity contribution in [1.29, 1.82) is 0 Å². The molecule has 4 rings (SSSR count). The fourth-order valence-electron chi connectivity index (χ4n) is 3.12. The molecule has 6 nitrogen and oxygen atoms in total. The van der Waals surface area contributed by atoms with E-state index in [1.165, 1.54) is 22.8 Å². The van der Waals surface area contributed by atoms with Crippen LogP contribution in [-0.4, -0.2) is 15.5 Å². The van der Waals surface area contributed by atoms with E-state index in [0.29, 0.717) is 33.7 Å². The highest BCUT2D eigenvalue weighted by Crippen LogP contribution is 2.30. The lowest BCUT2D eigenvalue weighted by Gasteiger charge is -2.13. The van der Waals surface area contributed by atoms with Gasteiger partial charge in [-0.2, -0.15) is 0 Å². The minimum absolute atomic E-state index is 0.116. The molecule has 0 fully saturated rings. The van der Waals surface area contributed by atoms with E-state index in [9.17, 15) is 14.0 Å². The maximum absolute atomic E-state index is 13.0. The predicted octanol–water partition coefficient (Wildman–Crippen LogP) is 4.05. The zero-order valence-corrected chi connectivity index (χ0v) is 16.1. The third-order valence-corrected chi connectivity index (χ3v) is 4.63. The van der Waals surface area contributed by atoms with E-state index in [4.69, 9.17) is 4.74 Å². The van der Waals surface area contributed by atoms with Crippen LogP contribution in [0.25, 0.3) is 10.9 Å². The van der Waals surface area contributed by atoms with Crippen LogP contribution in [0, 0.1) is 5.82 Å².